The summed E-state index contributed by atoms with van der Waals surface area (Å²) >= 11 is 0. The summed E-state index contributed by atoms with van der Waals surface area (Å²) in [4.78, 5) is 38.8. The van der Waals surface area contributed by atoms with Gasteiger partial charge in [-0.15, -0.1) is 0 Å². The molecule has 0 saturated carbocycles. The molecule has 1 unspecified atom stereocenters. The normalized spacial score (nSPS) is 15.7. The van der Waals surface area contributed by atoms with Gasteiger partial charge in [0, 0.05) is 25.2 Å². The van der Waals surface area contributed by atoms with E-state index < -0.39 is 6.04 Å². The second-order valence-corrected chi connectivity index (χ2v) is 7.00. The number of hydrogen-bond acceptors (Lipinski definition) is 4. The van der Waals surface area contributed by atoms with Gasteiger partial charge in [-0.05, 0) is 42.7 Å². The third-order valence-corrected chi connectivity index (χ3v) is 4.91. The molecule has 2 aromatic rings. The summed E-state index contributed by atoms with van der Waals surface area (Å²) < 4.78 is 0. The zero-order valence-electron chi connectivity index (χ0n) is 16.1. The number of rotatable bonds is 7. The molecule has 1 fully saturated rings. The molecule has 3 rings (SSSR count). The van der Waals surface area contributed by atoms with Crippen molar-refractivity contribution in [2.45, 2.75) is 25.3 Å². The molecule has 152 valence electrons. The average Bonchev–Trinajstić information content (AvgIpc) is 3.22. The molecule has 0 aliphatic carbocycles. The topological polar surface area (TPSA) is 98.7 Å². The van der Waals surface area contributed by atoms with E-state index in [4.69, 9.17) is 0 Å². The van der Waals surface area contributed by atoms with Crippen LogP contribution in [0.1, 0.15) is 28.8 Å². The average molecular weight is 395 g/mol. The van der Waals surface area contributed by atoms with Gasteiger partial charge < -0.3 is 20.6 Å². The molecule has 1 atom stereocenters. The Bertz CT molecular complexity index is 852. The summed E-state index contributed by atoms with van der Waals surface area (Å²) in [5.74, 6) is -0.422. The van der Waals surface area contributed by atoms with Crippen LogP contribution in [-0.2, 0) is 16.0 Å². The molecule has 0 spiro atoms. The summed E-state index contributed by atoms with van der Waals surface area (Å²) in [6.07, 6.45) is 1.73. The molecule has 0 bridgehead atoms. The highest BCUT2D eigenvalue weighted by atomic mass is 16.3. The van der Waals surface area contributed by atoms with E-state index in [-0.39, 0.29) is 43.0 Å². The highest BCUT2D eigenvalue weighted by Crippen LogP contribution is 2.19. The van der Waals surface area contributed by atoms with Gasteiger partial charge >= 0.3 is 0 Å². The lowest BCUT2D eigenvalue weighted by Gasteiger charge is -2.24. The number of likely N-dealkylation sites (tertiary alicyclic amines) is 1. The molecule has 29 heavy (non-hydrogen) atoms. The van der Waals surface area contributed by atoms with Crippen molar-refractivity contribution in [2.75, 3.05) is 19.6 Å². The van der Waals surface area contributed by atoms with Crippen molar-refractivity contribution >= 4 is 17.7 Å². The van der Waals surface area contributed by atoms with Crippen molar-refractivity contribution < 1.29 is 19.5 Å². The zero-order chi connectivity index (χ0) is 20.6. The van der Waals surface area contributed by atoms with Gasteiger partial charge in [-0.25, -0.2) is 0 Å². The van der Waals surface area contributed by atoms with Crippen LogP contribution in [-0.4, -0.2) is 53.4 Å². The number of amides is 3. The fourth-order valence-corrected chi connectivity index (χ4v) is 3.40. The van der Waals surface area contributed by atoms with Crippen LogP contribution >= 0.6 is 0 Å². The van der Waals surface area contributed by atoms with Gasteiger partial charge in [-0.2, -0.15) is 0 Å². The monoisotopic (exact) mass is 395 g/mol. The van der Waals surface area contributed by atoms with E-state index in [2.05, 4.69) is 10.6 Å². The lowest BCUT2D eigenvalue weighted by atomic mass is 10.1. The highest BCUT2D eigenvalue weighted by molar-refractivity contribution is 5.94. The largest absolute Gasteiger partial charge is 0.508 e. The Balaban J connectivity index is 1.44. The third kappa shape index (κ3) is 5.57. The van der Waals surface area contributed by atoms with Gasteiger partial charge in [0.15, 0.2) is 0 Å². The van der Waals surface area contributed by atoms with E-state index in [0.29, 0.717) is 18.5 Å². The Kier molecular flexibility index (Phi) is 6.84. The van der Waals surface area contributed by atoms with Gasteiger partial charge in [-0.1, -0.05) is 30.3 Å². The second kappa shape index (κ2) is 9.73. The molecule has 3 amide bonds. The molecule has 0 radical (unpaired) electrons. The maximum Gasteiger partial charge on any atom is 0.251 e. The molecule has 0 aromatic heterocycles. The number of hydrogen-bond donors (Lipinski definition) is 3. The second-order valence-electron chi connectivity index (χ2n) is 7.00. The van der Waals surface area contributed by atoms with E-state index in [1.54, 1.807) is 4.90 Å². The maximum absolute atomic E-state index is 12.6. The van der Waals surface area contributed by atoms with Crippen molar-refractivity contribution in [3.63, 3.8) is 0 Å². The number of nitrogens with zero attached hydrogens (tertiary/aromatic N) is 1. The summed E-state index contributed by atoms with van der Waals surface area (Å²) in [7, 11) is 0. The molecule has 7 nitrogen and oxygen atoms in total. The number of benzene rings is 2. The van der Waals surface area contributed by atoms with Crippen molar-refractivity contribution in [1.82, 2.24) is 15.5 Å². The van der Waals surface area contributed by atoms with E-state index in [9.17, 15) is 19.5 Å². The third-order valence-electron chi connectivity index (χ3n) is 4.91. The molecule has 7 heteroatoms. The minimum absolute atomic E-state index is 0.0468. The highest BCUT2D eigenvalue weighted by Gasteiger charge is 2.33. The Hall–Kier alpha value is -3.35. The van der Waals surface area contributed by atoms with Crippen molar-refractivity contribution in [1.29, 1.82) is 0 Å². The summed E-state index contributed by atoms with van der Waals surface area (Å²) in [5, 5.41) is 14.8. The molecular weight excluding hydrogens is 370 g/mol. The summed E-state index contributed by atoms with van der Waals surface area (Å²) in [6, 6.07) is 15.0. The minimum atomic E-state index is -0.459. The molecule has 3 N–H and O–H groups in total. The Morgan fingerprint density at radius 3 is 2.38 bits per heavy atom. The Morgan fingerprint density at radius 2 is 1.66 bits per heavy atom. The number of carbonyl (C=O) groups excluding carboxylic acids is 3. The fraction of sp³-hybridized carbons (Fsp3) is 0.318. The minimum Gasteiger partial charge on any atom is -0.508 e. The summed E-state index contributed by atoms with van der Waals surface area (Å²) in [5.41, 5.74) is 1.36. The van der Waals surface area contributed by atoms with Gasteiger partial charge in [0.25, 0.3) is 5.91 Å². The van der Waals surface area contributed by atoms with Crippen LogP contribution in [0.5, 0.6) is 5.75 Å². The van der Waals surface area contributed by atoms with Crippen LogP contribution < -0.4 is 10.6 Å². The van der Waals surface area contributed by atoms with Crippen LogP contribution in [0.25, 0.3) is 0 Å². The molecular formula is C22H25N3O4. The molecule has 1 aliphatic heterocycles. The SMILES string of the molecule is O=C(NCCNC(=O)C1CCCN1C(=O)Cc1ccccc1)c1ccc(O)cc1. The van der Waals surface area contributed by atoms with Gasteiger partial charge in [-0.3, -0.25) is 14.4 Å². The number of phenols is 1. The van der Waals surface area contributed by atoms with E-state index >= 15 is 0 Å². The van der Waals surface area contributed by atoms with E-state index in [0.717, 1.165) is 12.0 Å². The van der Waals surface area contributed by atoms with Crippen molar-refractivity contribution in [2.24, 2.45) is 0 Å². The quantitative estimate of drug-likeness (QED) is 0.619. The standard InChI is InChI=1S/C22H25N3O4/c26-18-10-8-17(9-11-18)21(28)23-12-13-24-22(29)19-7-4-14-25(19)20(27)15-16-5-2-1-3-6-16/h1-3,5-6,8-11,19,26H,4,7,12-15H2,(H,23,28)(H,24,29). The summed E-state index contributed by atoms with van der Waals surface area (Å²) in [6.45, 7) is 1.14. The van der Waals surface area contributed by atoms with Crippen LogP contribution in [0.2, 0.25) is 0 Å². The first-order chi connectivity index (χ1) is 14.0. The molecule has 1 saturated heterocycles. The van der Waals surface area contributed by atoms with Crippen LogP contribution in [0.3, 0.4) is 0 Å². The van der Waals surface area contributed by atoms with Crippen molar-refractivity contribution in [3.8, 4) is 5.75 Å². The van der Waals surface area contributed by atoms with E-state index in [1.807, 2.05) is 30.3 Å². The van der Waals surface area contributed by atoms with Crippen LogP contribution in [0, 0.1) is 0 Å². The van der Waals surface area contributed by atoms with Gasteiger partial charge in [0.2, 0.25) is 11.8 Å². The number of phenolic OH excluding ortho intramolecular Hbond substituents is 1. The number of nitrogens with one attached hydrogen (secondary N) is 2. The lowest BCUT2D eigenvalue weighted by Crippen LogP contribution is -2.47. The predicted octanol–water partition coefficient (Wildman–Crippen LogP) is 1.47. The molecule has 2 aromatic carbocycles. The molecule has 1 heterocycles. The lowest BCUT2D eigenvalue weighted by molar-refractivity contribution is -0.137. The number of carbonyl (C=O) groups is 3. The van der Waals surface area contributed by atoms with Crippen LogP contribution in [0.4, 0.5) is 0 Å². The van der Waals surface area contributed by atoms with Crippen LogP contribution in [0.15, 0.2) is 54.6 Å². The smallest absolute Gasteiger partial charge is 0.251 e. The zero-order valence-corrected chi connectivity index (χ0v) is 16.1. The first-order valence-corrected chi connectivity index (χ1v) is 9.73. The maximum atomic E-state index is 12.6. The first kappa shape index (κ1) is 20.4. The Morgan fingerprint density at radius 1 is 0.966 bits per heavy atom. The first-order valence-electron chi connectivity index (χ1n) is 9.73. The number of aromatic hydroxyl groups is 1. The fourth-order valence-electron chi connectivity index (χ4n) is 3.40. The molecule has 1 aliphatic rings. The van der Waals surface area contributed by atoms with Gasteiger partial charge in [0.05, 0.1) is 6.42 Å². The predicted molar refractivity (Wildman–Crippen MR) is 108 cm³/mol. The van der Waals surface area contributed by atoms with Gasteiger partial charge in [0.1, 0.15) is 11.8 Å². The van der Waals surface area contributed by atoms with E-state index in [1.165, 1.54) is 24.3 Å². The van der Waals surface area contributed by atoms with Crippen molar-refractivity contribution in [3.05, 3.63) is 65.7 Å². The Labute approximate surface area is 169 Å².